The molecule has 0 radical (unpaired) electrons. The Kier molecular flexibility index (Phi) is 5.03. The van der Waals surface area contributed by atoms with Crippen molar-refractivity contribution in [1.82, 2.24) is 4.90 Å². The van der Waals surface area contributed by atoms with Crippen molar-refractivity contribution in [2.45, 2.75) is 18.9 Å². The average molecular weight is 313 g/mol. The third-order valence-corrected chi connectivity index (χ3v) is 3.75. The number of carboxylic acid groups (broad SMARTS) is 1. The van der Waals surface area contributed by atoms with Crippen molar-refractivity contribution < 1.29 is 19.4 Å². The van der Waals surface area contributed by atoms with Gasteiger partial charge in [-0.1, -0.05) is 11.6 Å². The number of halogens is 1. The largest absolute Gasteiger partial charge is 0.478 e. The van der Waals surface area contributed by atoms with E-state index >= 15 is 0 Å². The molecule has 1 aliphatic rings. The molecule has 0 aliphatic carbocycles. The van der Waals surface area contributed by atoms with E-state index < -0.39 is 5.97 Å². The highest BCUT2D eigenvalue weighted by Crippen LogP contribution is 2.22. The van der Waals surface area contributed by atoms with Gasteiger partial charge in [0.25, 0.3) is 0 Å². The molecule has 6 nitrogen and oxygen atoms in total. The summed E-state index contributed by atoms with van der Waals surface area (Å²) in [6, 6.07) is 4.01. The molecule has 1 aromatic rings. The minimum Gasteiger partial charge on any atom is -0.478 e. The van der Waals surface area contributed by atoms with Gasteiger partial charge in [0.1, 0.15) is 0 Å². The molecular weight excluding hydrogens is 296 g/mol. The molecule has 0 bridgehead atoms. The zero-order valence-corrected chi connectivity index (χ0v) is 12.4. The lowest BCUT2D eigenvalue weighted by Crippen LogP contribution is -2.43. The SMILES string of the molecule is CN(C(=O)Nc1cc(Cl)ccc1C(=O)O)C1CCOCC1. The number of hydrogen-bond acceptors (Lipinski definition) is 3. The number of amides is 2. The standard InChI is InChI=1S/C14H17ClN2O4/c1-17(10-4-6-21-7-5-10)14(20)16-12-8-9(15)2-3-11(12)13(18)19/h2-3,8,10H,4-7H2,1H3,(H,16,20)(H,18,19). The number of nitrogens with one attached hydrogen (secondary N) is 1. The van der Waals surface area contributed by atoms with Gasteiger partial charge >= 0.3 is 12.0 Å². The maximum Gasteiger partial charge on any atom is 0.337 e. The maximum absolute atomic E-state index is 12.2. The van der Waals surface area contributed by atoms with Crippen LogP contribution in [0.15, 0.2) is 18.2 Å². The first-order valence-electron chi connectivity index (χ1n) is 6.63. The van der Waals surface area contributed by atoms with E-state index in [0.29, 0.717) is 18.2 Å². The van der Waals surface area contributed by atoms with E-state index in [0.717, 1.165) is 12.8 Å². The fraction of sp³-hybridized carbons (Fsp3) is 0.429. The Bertz CT molecular complexity index is 544. The molecule has 1 saturated heterocycles. The van der Waals surface area contributed by atoms with Gasteiger partial charge in [-0.15, -0.1) is 0 Å². The lowest BCUT2D eigenvalue weighted by Gasteiger charge is -2.31. The zero-order chi connectivity index (χ0) is 15.4. The molecule has 2 amide bonds. The Hall–Kier alpha value is -1.79. The van der Waals surface area contributed by atoms with Gasteiger partial charge in [0.05, 0.1) is 11.3 Å². The Morgan fingerprint density at radius 2 is 2.05 bits per heavy atom. The second kappa shape index (κ2) is 6.78. The van der Waals surface area contributed by atoms with Gasteiger partial charge in [-0.25, -0.2) is 9.59 Å². The molecule has 2 rings (SSSR count). The smallest absolute Gasteiger partial charge is 0.337 e. The molecule has 0 spiro atoms. The van der Waals surface area contributed by atoms with Crippen LogP contribution >= 0.6 is 11.6 Å². The highest BCUT2D eigenvalue weighted by molar-refractivity contribution is 6.31. The Labute approximate surface area is 127 Å². The summed E-state index contributed by atoms with van der Waals surface area (Å²) < 4.78 is 5.26. The quantitative estimate of drug-likeness (QED) is 0.899. The van der Waals surface area contributed by atoms with Gasteiger partial charge in [0.2, 0.25) is 0 Å². The summed E-state index contributed by atoms with van der Waals surface area (Å²) in [5.41, 5.74) is 0.201. The number of anilines is 1. The van der Waals surface area contributed by atoms with Crippen molar-refractivity contribution in [2.75, 3.05) is 25.6 Å². The number of ether oxygens (including phenoxy) is 1. The van der Waals surface area contributed by atoms with Crippen molar-refractivity contribution in [1.29, 1.82) is 0 Å². The van der Waals surface area contributed by atoms with Crippen LogP contribution < -0.4 is 5.32 Å². The van der Waals surface area contributed by atoms with Crippen LogP contribution in [0.3, 0.4) is 0 Å². The number of urea groups is 1. The average Bonchev–Trinajstić information content (AvgIpc) is 2.47. The number of carbonyl (C=O) groups excluding carboxylic acids is 1. The van der Waals surface area contributed by atoms with Gasteiger partial charge in [-0.05, 0) is 31.0 Å². The second-order valence-electron chi connectivity index (χ2n) is 4.88. The number of aromatic carboxylic acids is 1. The predicted molar refractivity (Wildman–Crippen MR) is 79.0 cm³/mol. The van der Waals surface area contributed by atoms with E-state index in [2.05, 4.69) is 5.32 Å². The normalized spacial score (nSPS) is 15.5. The van der Waals surface area contributed by atoms with Gasteiger partial charge in [-0.3, -0.25) is 0 Å². The second-order valence-corrected chi connectivity index (χ2v) is 5.32. The van der Waals surface area contributed by atoms with Crippen molar-refractivity contribution >= 4 is 29.3 Å². The van der Waals surface area contributed by atoms with Gasteiger partial charge < -0.3 is 20.1 Å². The fourth-order valence-electron chi connectivity index (χ4n) is 2.25. The van der Waals surface area contributed by atoms with E-state index in [9.17, 15) is 9.59 Å². The minimum absolute atomic E-state index is 0.00753. The molecule has 21 heavy (non-hydrogen) atoms. The van der Waals surface area contributed by atoms with Crippen LogP contribution in [0.1, 0.15) is 23.2 Å². The molecule has 0 unspecified atom stereocenters. The van der Waals surface area contributed by atoms with Crippen molar-refractivity contribution in [2.24, 2.45) is 0 Å². The third kappa shape index (κ3) is 3.86. The third-order valence-electron chi connectivity index (χ3n) is 3.51. The summed E-state index contributed by atoms with van der Waals surface area (Å²) in [5, 5.41) is 12.1. The molecule has 1 aliphatic heterocycles. The molecule has 1 heterocycles. The summed E-state index contributed by atoms with van der Waals surface area (Å²) in [6.45, 7) is 1.25. The Morgan fingerprint density at radius 3 is 2.67 bits per heavy atom. The summed E-state index contributed by atoms with van der Waals surface area (Å²) in [7, 11) is 1.69. The number of nitrogens with zero attached hydrogens (tertiary/aromatic N) is 1. The summed E-state index contributed by atoms with van der Waals surface area (Å²) >= 11 is 5.86. The van der Waals surface area contributed by atoms with E-state index in [1.165, 1.54) is 18.2 Å². The van der Waals surface area contributed by atoms with Gasteiger partial charge in [-0.2, -0.15) is 0 Å². The predicted octanol–water partition coefficient (Wildman–Crippen LogP) is 2.68. The highest BCUT2D eigenvalue weighted by Gasteiger charge is 2.23. The monoisotopic (exact) mass is 312 g/mol. The first-order valence-corrected chi connectivity index (χ1v) is 7.01. The lowest BCUT2D eigenvalue weighted by molar-refractivity contribution is 0.0544. The van der Waals surface area contributed by atoms with E-state index in [1.807, 2.05) is 0 Å². The Morgan fingerprint density at radius 1 is 1.38 bits per heavy atom. The van der Waals surface area contributed by atoms with Crippen molar-refractivity contribution in [3.8, 4) is 0 Å². The van der Waals surface area contributed by atoms with E-state index in [4.69, 9.17) is 21.4 Å². The number of carboxylic acids is 1. The highest BCUT2D eigenvalue weighted by atomic mass is 35.5. The number of hydrogen-bond donors (Lipinski definition) is 2. The van der Waals surface area contributed by atoms with Crippen LogP contribution in [0, 0.1) is 0 Å². The Balaban J connectivity index is 2.11. The van der Waals surface area contributed by atoms with Crippen LogP contribution in [0.25, 0.3) is 0 Å². The van der Waals surface area contributed by atoms with Crippen LogP contribution in [0.5, 0.6) is 0 Å². The van der Waals surface area contributed by atoms with E-state index in [1.54, 1.807) is 11.9 Å². The fourth-order valence-corrected chi connectivity index (χ4v) is 2.42. The molecule has 2 N–H and O–H groups in total. The van der Waals surface area contributed by atoms with Gasteiger partial charge in [0.15, 0.2) is 0 Å². The summed E-state index contributed by atoms with van der Waals surface area (Å²) in [4.78, 5) is 25.0. The lowest BCUT2D eigenvalue weighted by atomic mass is 10.1. The molecule has 114 valence electrons. The summed E-state index contributed by atoms with van der Waals surface area (Å²) in [6.07, 6.45) is 1.54. The van der Waals surface area contributed by atoms with Crippen LogP contribution in [0.2, 0.25) is 5.02 Å². The molecule has 7 heteroatoms. The molecule has 1 fully saturated rings. The van der Waals surface area contributed by atoms with Crippen LogP contribution in [0.4, 0.5) is 10.5 Å². The molecule has 0 aromatic heterocycles. The number of rotatable bonds is 3. The van der Waals surface area contributed by atoms with Crippen molar-refractivity contribution in [3.63, 3.8) is 0 Å². The van der Waals surface area contributed by atoms with Gasteiger partial charge in [0, 0.05) is 31.3 Å². The number of carbonyl (C=O) groups is 2. The van der Waals surface area contributed by atoms with Crippen LogP contribution in [-0.2, 0) is 4.74 Å². The first-order chi connectivity index (χ1) is 9.99. The number of benzene rings is 1. The van der Waals surface area contributed by atoms with E-state index in [-0.39, 0.29) is 23.3 Å². The minimum atomic E-state index is -1.12. The molecule has 1 aromatic carbocycles. The maximum atomic E-state index is 12.2. The molecule has 0 saturated carbocycles. The molecule has 0 atom stereocenters. The summed E-state index contributed by atoms with van der Waals surface area (Å²) in [5.74, 6) is -1.12. The first kappa shape index (κ1) is 15.6. The van der Waals surface area contributed by atoms with Crippen molar-refractivity contribution in [3.05, 3.63) is 28.8 Å². The molecular formula is C14H17ClN2O4. The zero-order valence-electron chi connectivity index (χ0n) is 11.6. The van der Waals surface area contributed by atoms with Crippen LogP contribution in [-0.4, -0.2) is 48.3 Å². The topological polar surface area (TPSA) is 78.9 Å².